The van der Waals surface area contributed by atoms with Gasteiger partial charge < -0.3 is 14.7 Å². The molecule has 29 heavy (non-hydrogen) atoms. The second kappa shape index (κ2) is 9.61. The van der Waals surface area contributed by atoms with E-state index in [0.717, 1.165) is 32.1 Å². The van der Waals surface area contributed by atoms with Crippen molar-refractivity contribution < 1.29 is 19.5 Å². The predicted molar refractivity (Wildman–Crippen MR) is 113 cm³/mol. The first-order chi connectivity index (χ1) is 13.9. The van der Waals surface area contributed by atoms with E-state index in [1.807, 2.05) is 20.8 Å². The summed E-state index contributed by atoms with van der Waals surface area (Å²) in [7, 11) is 0. The van der Waals surface area contributed by atoms with Gasteiger partial charge in [-0.25, -0.2) is 4.79 Å². The molecule has 0 spiro atoms. The number of amides is 1. The van der Waals surface area contributed by atoms with Crippen LogP contribution in [0.15, 0.2) is 35.5 Å². The summed E-state index contributed by atoms with van der Waals surface area (Å²) >= 11 is 0. The molecule has 1 N–H and O–H groups in total. The molecule has 0 bridgehead atoms. The number of oxime groups is 1. The molecule has 6 heteroatoms. The molecule has 1 unspecified atom stereocenters. The largest absolute Gasteiger partial charge is 0.444 e. The van der Waals surface area contributed by atoms with Gasteiger partial charge in [0.05, 0.1) is 18.4 Å². The highest BCUT2D eigenvalue weighted by molar-refractivity contribution is 5.92. The van der Waals surface area contributed by atoms with Crippen LogP contribution in [0.2, 0.25) is 0 Å². The summed E-state index contributed by atoms with van der Waals surface area (Å²) in [6, 6.07) is 10.3. The summed E-state index contributed by atoms with van der Waals surface area (Å²) in [6.45, 7) is 6.49. The number of carbonyl (C=O) groups excluding carboxylic acids is 1. The normalized spacial score (nSPS) is 27.1. The number of piperidine rings is 1. The molecule has 1 aromatic carbocycles. The minimum atomic E-state index is -0.563. The van der Waals surface area contributed by atoms with Crippen LogP contribution < -0.4 is 0 Å². The second-order valence-corrected chi connectivity index (χ2v) is 9.10. The van der Waals surface area contributed by atoms with Crippen LogP contribution in [0.5, 0.6) is 0 Å². The molecule has 1 amide bonds. The maximum Gasteiger partial charge on any atom is 0.410 e. The van der Waals surface area contributed by atoms with E-state index in [1.54, 1.807) is 4.90 Å². The number of hydrogen-bond donors (Lipinski definition) is 1. The molecular formula is C23H34N2O4. The monoisotopic (exact) mass is 402 g/mol. The fourth-order valence-corrected chi connectivity index (χ4v) is 4.29. The number of likely N-dealkylation sites (tertiary alicyclic amines) is 1. The van der Waals surface area contributed by atoms with Crippen molar-refractivity contribution in [3.8, 4) is 0 Å². The zero-order valence-electron chi connectivity index (χ0n) is 17.8. The van der Waals surface area contributed by atoms with Crippen LogP contribution in [0.4, 0.5) is 4.79 Å². The Balaban J connectivity index is 1.56. The smallest absolute Gasteiger partial charge is 0.410 e. The first-order valence-electron chi connectivity index (χ1n) is 10.7. The average Bonchev–Trinajstić information content (AvgIpc) is 2.71. The molecule has 160 valence electrons. The minimum absolute atomic E-state index is 0.178. The number of ether oxygens (including phenoxy) is 2. The van der Waals surface area contributed by atoms with Crippen LogP contribution in [0.3, 0.4) is 0 Å². The van der Waals surface area contributed by atoms with E-state index in [1.165, 1.54) is 5.56 Å². The summed E-state index contributed by atoms with van der Waals surface area (Å²) in [5.74, 6) is 0.596. The molecule has 1 saturated heterocycles. The van der Waals surface area contributed by atoms with Gasteiger partial charge >= 0.3 is 6.09 Å². The van der Waals surface area contributed by atoms with E-state index in [0.29, 0.717) is 31.2 Å². The Labute approximate surface area is 173 Å². The van der Waals surface area contributed by atoms with Gasteiger partial charge in [0.25, 0.3) is 0 Å². The molecule has 2 fully saturated rings. The van der Waals surface area contributed by atoms with Crippen molar-refractivity contribution in [3.05, 3.63) is 35.9 Å². The summed E-state index contributed by atoms with van der Waals surface area (Å²) in [5.41, 5.74) is 1.44. The van der Waals surface area contributed by atoms with Gasteiger partial charge in [-0.1, -0.05) is 35.5 Å². The van der Waals surface area contributed by atoms with Gasteiger partial charge in [-0.3, -0.25) is 4.90 Å². The molecule has 1 aromatic rings. The SMILES string of the molecule is CC(C)(C)OC(=O)N1CCCC(=NO)C1COC1CCC(c2ccccc2)CC1. The molecule has 2 aliphatic rings. The molecule has 0 aromatic heterocycles. The van der Waals surface area contributed by atoms with Gasteiger partial charge in [-0.15, -0.1) is 0 Å². The molecule has 0 radical (unpaired) electrons. The van der Waals surface area contributed by atoms with Gasteiger partial charge in [0.1, 0.15) is 11.6 Å². The third-order valence-corrected chi connectivity index (χ3v) is 5.78. The van der Waals surface area contributed by atoms with Crippen LogP contribution in [0.25, 0.3) is 0 Å². The number of carbonyl (C=O) groups is 1. The predicted octanol–water partition coefficient (Wildman–Crippen LogP) is 4.96. The molecule has 1 heterocycles. The van der Waals surface area contributed by atoms with Crippen LogP contribution >= 0.6 is 0 Å². The molecule has 6 nitrogen and oxygen atoms in total. The van der Waals surface area contributed by atoms with Crippen molar-refractivity contribution in [2.45, 2.75) is 83.0 Å². The third-order valence-electron chi connectivity index (χ3n) is 5.78. The summed E-state index contributed by atoms with van der Waals surface area (Å²) < 4.78 is 11.8. The fraction of sp³-hybridized carbons (Fsp3) is 0.652. The molecular weight excluding hydrogens is 368 g/mol. The Hall–Kier alpha value is -2.08. The highest BCUT2D eigenvalue weighted by atomic mass is 16.6. The summed E-state index contributed by atoms with van der Waals surface area (Å²) in [6.07, 6.45) is 5.46. The first-order valence-corrected chi connectivity index (χ1v) is 10.7. The Bertz CT molecular complexity index is 691. The number of benzene rings is 1. The van der Waals surface area contributed by atoms with E-state index in [-0.39, 0.29) is 18.2 Å². The Morgan fingerprint density at radius 1 is 1.17 bits per heavy atom. The van der Waals surface area contributed by atoms with E-state index in [9.17, 15) is 10.0 Å². The van der Waals surface area contributed by atoms with Crippen molar-refractivity contribution in [1.29, 1.82) is 0 Å². The lowest BCUT2D eigenvalue weighted by atomic mass is 9.83. The van der Waals surface area contributed by atoms with Gasteiger partial charge in [0.15, 0.2) is 0 Å². The van der Waals surface area contributed by atoms with Crippen LogP contribution in [-0.4, -0.2) is 52.8 Å². The Morgan fingerprint density at radius 2 is 1.86 bits per heavy atom. The molecule has 1 aliphatic carbocycles. The van der Waals surface area contributed by atoms with E-state index < -0.39 is 5.60 Å². The second-order valence-electron chi connectivity index (χ2n) is 9.10. The summed E-state index contributed by atoms with van der Waals surface area (Å²) in [5, 5.41) is 12.9. The number of nitrogens with zero attached hydrogens (tertiary/aromatic N) is 2. The Kier molecular flexibility index (Phi) is 7.17. The first kappa shape index (κ1) is 21.6. The van der Waals surface area contributed by atoms with Crippen molar-refractivity contribution in [3.63, 3.8) is 0 Å². The van der Waals surface area contributed by atoms with Crippen LogP contribution in [0.1, 0.15) is 70.8 Å². The highest BCUT2D eigenvalue weighted by Crippen LogP contribution is 2.34. The highest BCUT2D eigenvalue weighted by Gasteiger charge is 2.35. The van der Waals surface area contributed by atoms with Gasteiger partial charge in [0, 0.05) is 6.54 Å². The van der Waals surface area contributed by atoms with E-state index in [2.05, 4.69) is 35.5 Å². The van der Waals surface area contributed by atoms with Crippen LogP contribution in [0, 0.1) is 0 Å². The van der Waals surface area contributed by atoms with Crippen molar-refractivity contribution >= 4 is 11.8 Å². The quantitative estimate of drug-likeness (QED) is 0.571. The molecule has 1 saturated carbocycles. The average molecular weight is 403 g/mol. The minimum Gasteiger partial charge on any atom is -0.444 e. The Morgan fingerprint density at radius 3 is 2.48 bits per heavy atom. The number of hydrogen-bond acceptors (Lipinski definition) is 5. The lowest BCUT2D eigenvalue weighted by Crippen LogP contribution is -2.53. The van der Waals surface area contributed by atoms with Gasteiger partial charge in [-0.05, 0) is 70.8 Å². The van der Waals surface area contributed by atoms with Gasteiger partial charge in [-0.2, -0.15) is 0 Å². The standard InChI is InChI=1S/C23H34N2O4/c1-23(2,3)29-22(26)25-15-7-10-20(24-27)21(25)16-28-19-13-11-18(12-14-19)17-8-5-4-6-9-17/h4-6,8-9,18-19,21,27H,7,10-16H2,1-3H3. The van der Waals surface area contributed by atoms with Crippen molar-refractivity contribution in [2.24, 2.45) is 5.16 Å². The van der Waals surface area contributed by atoms with Gasteiger partial charge in [0.2, 0.25) is 0 Å². The lowest BCUT2D eigenvalue weighted by Gasteiger charge is -2.38. The molecule has 1 aliphatic heterocycles. The van der Waals surface area contributed by atoms with Crippen molar-refractivity contribution in [1.82, 2.24) is 4.90 Å². The molecule has 3 rings (SSSR count). The van der Waals surface area contributed by atoms with E-state index in [4.69, 9.17) is 9.47 Å². The van der Waals surface area contributed by atoms with Crippen molar-refractivity contribution in [2.75, 3.05) is 13.2 Å². The fourth-order valence-electron chi connectivity index (χ4n) is 4.29. The lowest BCUT2D eigenvalue weighted by molar-refractivity contribution is -0.0161. The zero-order chi connectivity index (χ0) is 20.9. The van der Waals surface area contributed by atoms with E-state index >= 15 is 0 Å². The molecule has 1 atom stereocenters. The topological polar surface area (TPSA) is 71.4 Å². The number of rotatable bonds is 4. The maximum atomic E-state index is 12.6. The zero-order valence-corrected chi connectivity index (χ0v) is 17.8. The third kappa shape index (κ3) is 5.95. The maximum absolute atomic E-state index is 12.6. The summed E-state index contributed by atoms with van der Waals surface area (Å²) in [4.78, 5) is 14.3. The van der Waals surface area contributed by atoms with Crippen LogP contribution in [-0.2, 0) is 9.47 Å².